The summed E-state index contributed by atoms with van der Waals surface area (Å²) in [7, 11) is 3.90. The lowest BCUT2D eigenvalue weighted by Crippen LogP contribution is -3.09. The summed E-state index contributed by atoms with van der Waals surface area (Å²) in [6, 6.07) is 18.3. The van der Waals surface area contributed by atoms with Crippen molar-refractivity contribution in [3.63, 3.8) is 0 Å². The van der Waals surface area contributed by atoms with Crippen LogP contribution in [0.2, 0.25) is 0 Å². The van der Waals surface area contributed by atoms with Crippen molar-refractivity contribution in [3.05, 3.63) is 85.5 Å². The predicted molar refractivity (Wildman–Crippen MR) is 179 cm³/mol. The van der Waals surface area contributed by atoms with Crippen molar-refractivity contribution in [1.82, 2.24) is 4.57 Å². The maximum Gasteiger partial charge on any atom is 0.524 e. The van der Waals surface area contributed by atoms with Crippen LogP contribution in [0.3, 0.4) is 0 Å². The third kappa shape index (κ3) is 6.15. The largest absolute Gasteiger partial charge is 0.524 e. The average Bonchev–Trinajstić information content (AvgIpc) is 3.61. The number of rotatable bonds is 10. The molecule has 1 aliphatic heterocycles. The van der Waals surface area contributed by atoms with Gasteiger partial charge >= 0.3 is 11.9 Å². The molecule has 1 aromatic heterocycles. The molecule has 12 nitrogen and oxygen atoms in total. The summed E-state index contributed by atoms with van der Waals surface area (Å²) < 4.78 is 6.00. The van der Waals surface area contributed by atoms with Crippen molar-refractivity contribution < 1.29 is 24.3 Å². The summed E-state index contributed by atoms with van der Waals surface area (Å²) in [6.07, 6.45) is 12.2. The van der Waals surface area contributed by atoms with Crippen LogP contribution in [0.15, 0.2) is 106 Å². The molecule has 1 atom stereocenters. The van der Waals surface area contributed by atoms with Crippen molar-refractivity contribution in [2.45, 2.75) is 32.2 Å². The number of aryl methyl sites for hydroxylation is 2. The van der Waals surface area contributed by atoms with Crippen LogP contribution in [0.4, 0.5) is 28.7 Å². The van der Waals surface area contributed by atoms with Crippen molar-refractivity contribution in [3.8, 4) is 11.5 Å². The average molecular weight is 620 g/mol. The molecule has 1 unspecified atom stereocenters. The van der Waals surface area contributed by atoms with Crippen LogP contribution < -0.4 is 20.9 Å². The maximum absolute atomic E-state index is 10.3. The minimum absolute atomic E-state index is 0.000629. The molecule has 0 radical (unpaired) electrons. The van der Waals surface area contributed by atoms with E-state index in [1.165, 1.54) is 0 Å². The second-order valence-corrected chi connectivity index (χ2v) is 11.5. The first-order valence-corrected chi connectivity index (χ1v) is 15.3. The smallest absolute Gasteiger partial charge is 0.506 e. The summed E-state index contributed by atoms with van der Waals surface area (Å²) in [4.78, 5) is 1.14. The number of fused-ring (bicyclic) bond motifs is 2. The monoisotopic (exact) mass is 619 g/mol. The van der Waals surface area contributed by atoms with Gasteiger partial charge in [0, 0.05) is 38.8 Å². The van der Waals surface area contributed by atoms with E-state index in [1.54, 1.807) is 12.1 Å². The first-order valence-electron chi connectivity index (χ1n) is 15.3. The van der Waals surface area contributed by atoms with E-state index in [-0.39, 0.29) is 11.5 Å². The Kier molecular flexibility index (Phi) is 8.70. The second-order valence-electron chi connectivity index (χ2n) is 11.5. The SMILES string of the molecule is C[N+]1=C(N=Nc2cc(O)c(N)c3ccccc23)[NH+](CCCCCCn2cc[n+](C)c2N=Nc2cc(O)c(N)c3ccccc23)C=C1. The normalized spacial score (nSPS) is 15.0. The fourth-order valence-electron chi connectivity index (χ4n) is 5.77. The number of guanidine groups is 1. The Morgan fingerprint density at radius 2 is 1.30 bits per heavy atom. The van der Waals surface area contributed by atoms with Gasteiger partial charge in [0.15, 0.2) is 0 Å². The first kappa shape index (κ1) is 30.4. The number of quaternary nitrogens is 1. The number of aromatic hydroxyl groups is 2. The fraction of sp³-hybridized carbons (Fsp3) is 0.235. The molecule has 7 N–H and O–H groups in total. The van der Waals surface area contributed by atoms with Gasteiger partial charge in [0.25, 0.3) is 0 Å². The number of nitrogens with two attached hydrogens (primary N) is 2. The number of phenols is 2. The quantitative estimate of drug-likeness (QED) is 0.0471. The third-order valence-electron chi connectivity index (χ3n) is 8.34. The molecule has 0 amide bonds. The Bertz CT molecular complexity index is 2040. The Balaban J connectivity index is 1.03. The number of hydrogen-bond acceptors (Lipinski definition) is 8. The predicted octanol–water partition coefficient (Wildman–Crippen LogP) is 5.32. The van der Waals surface area contributed by atoms with E-state index in [1.807, 2.05) is 90.4 Å². The second kappa shape index (κ2) is 13.2. The molecule has 5 aromatic rings. The fourth-order valence-corrected chi connectivity index (χ4v) is 5.77. The number of nitrogen functional groups attached to an aromatic ring is 2. The van der Waals surface area contributed by atoms with Gasteiger partial charge in [-0.15, -0.1) is 0 Å². The van der Waals surface area contributed by atoms with Gasteiger partial charge in [-0.05, 0) is 24.4 Å². The lowest BCUT2D eigenvalue weighted by molar-refractivity contribution is -0.760. The molecule has 4 aromatic carbocycles. The molecule has 0 saturated heterocycles. The Morgan fingerprint density at radius 1 is 0.739 bits per heavy atom. The number of anilines is 2. The van der Waals surface area contributed by atoms with Gasteiger partial charge in [-0.25, -0.2) is 9.13 Å². The Morgan fingerprint density at radius 3 is 1.93 bits per heavy atom. The lowest BCUT2D eigenvalue weighted by Gasteiger charge is -2.06. The molecular weight excluding hydrogens is 580 g/mol. The highest BCUT2D eigenvalue weighted by atomic mass is 16.3. The molecule has 6 rings (SSSR count). The molecule has 1 aliphatic rings. The van der Waals surface area contributed by atoms with Crippen molar-refractivity contribution in [2.24, 2.45) is 27.5 Å². The number of hydrogen-bond donors (Lipinski definition) is 5. The molecule has 0 aliphatic carbocycles. The van der Waals surface area contributed by atoms with Gasteiger partial charge < -0.3 is 21.7 Å². The maximum atomic E-state index is 10.3. The standard InChI is InChI=1S/C34H36N10O2/c1-41-17-19-43(33(41)39-37-27-21-29(45)31(35)25-13-7-5-11-23(25)27)15-9-3-4-10-16-44-20-18-42(2)34(44)40-38-28-22-30(46)32(36)26-14-8-6-12-24(26)28/h5-8,11-14,17-22,35-36H,3-4,9-10,15-16H2,1-2H3,(H2,37,38,45,46)/p+3. The van der Waals surface area contributed by atoms with E-state index in [9.17, 15) is 10.2 Å². The summed E-state index contributed by atoms with van der Waals surface area (Å²) in [5.41, 5.74) is 14.0. The molecule has 12 heteroatoms. The summed E-state index contributed by atoms with van der Waals surface area (Å²) in [5, 5.41) is 41.9. The van der Waals surface area contributed by atoms with E-state index in [4.69, 9.17) is 11.5 Å². The van der Waals surface area contributed by atoms with E-state index in [2.05, 4.69) is 31.2 Å². The van der Waals surface area contributed by atoms with Crippen LogP contribution in [-0.4, -0.2) is 38.9 Å². The topological polar surface area (TPSA) is 158 Å². The Hall–Kier alpha value is -5.62. The van der Waals surface area contributed by atoms with Crippen LogP contribution in [0.25, 0.3) is 21.5 Å². The Labute approximate surface area is 266 Å². The highest BCUT2D eigenvalue weighted by Gasteiger charge is 2.30. The molecule has 2 heterocycles. The number of imidazole rings is 1. The van der Waals surface area contributed by atoms with Crippen molar-refractivity contribution in [1.29, 1.82) is 0 Å². The van der Waals surface area contributed by atoms with Crippen molar-refractivity contribution >= 4 is 56.2 Å². The molecule has 0 fully saturated rings. The van der Waals surface area contributed by atoms with E-state index in [0.717, 1.165) is 77.1 Å². The highest BCUT2D eigenvalue weighted by Crippen LogP contribution is 2.38. The summed E-state index contributed by atoms with van der Waals surface area (Å²) in [5.74, 6) is 1.52. The van der Waals surface area contributed by atoms with Gasteiger partial charge in [0.2, 0.25) is 0 Å². The van der Waals surface area contributed by atoms with Crippen LogP contribution >= 0.6 is 0 Å². The molecule has 0 saturated carbocycles. The molecule has 0 bridgehead atoms. The zero-order valence-electron chi connectivity index (χ0n) is 26.0. The third-order valence-corrected chi connectivity index (χ3v) is 8.34. The van der Waals surface area contributed by atoms with Crippen LogP contribution in [0, 0.1) is 0 Å². The molecule has 234 valence electrons. The van der Waals surface area contributed by atoms with Gasteiger partial charge in [0.1, 0.15) is 40.4 Å². The van der Waals surface area contributed by atoms with Crippen LogP contribution in [0.5, 0.6) is 11.5 Å². The number of azo groups is 2. The lowest BCUT2D eigenvalue weighted by atomic mass is 10.1. The molecule has 46 heavy (non-hydrogen) atoms. The van der Waals surface area contributed by atoms with Gasteiger partial charge in [-0.1, -0.05) is 60.1 Å². The number of nitrogens with zero attached hydrogens (tertiary/aromatic N) is 7. The van der Waals surface area contributed by atoms with E-state index >= 15 is 0 Å². The van der Waals surface area contributed by atoms with E-state index in [0.29, 0.717) is 22.7 Å². The number of phenolic OH excluding ortho intramolecular Hbond substituents is 2. The van der Waals surface area contributed by atoms with E-state index < -0.39 is 0 Å². The summed E-state index contributed by atoms with van der Waals surface area (Å²) >= 11 is 0. The van der Waals surface area contributed by atoms with Gasteiger partial charge in [-0.2, -0.15) is 9.48 Å². The number of nitrogens with one attached hydrogen (secondary N) is 1. The molecular formula is C34H39N10O2+3. The highest BCUT2D eigenvalue weighted by molar-refractivity contribution is 6.03. The van der Waals surface area contributed by atoms with Gasteiger partial charge in [0.05, 0.1) is 51.0 Å². The zero-order valence-corrected chi connectivity index (χ0v) is 26.0. The number of aromatic nitrogens is 2. The number of unbranched alkanes of at least 4 members (excludes halogenated alkanes) is 3. The number of benzene rings is 4. The first-order chi connectivity index (χ1) is 22.3. The zero-order chi connectivity index (χ0) is 32.2. The van der Waals surface area contributed by atoms with Crippen LogP contribution in [-0.2, 0) is 13.6 Å². The van der Waals surface area contributed by atoms with Gasteiger partial charge in [-0.3, -0.25) is 0 Å². The van der Waals surface area contributed by atoms with Crippen molar-refractivity contribution in [2.75, 3.05) is 25.1 Å². The summed E-state index contributed by atoms with van der Waals surface area (Å²) in [6.45, 7) is 1.71. The minimum atomic E-state index is -0.00573. The van der Waals surface area contributed by atoms with Crippen LogP contribution in [0.1, 0.15) is 25.7 Å². The molecule has 0 spiro atoms. The minimum Gasteiger partial charge on any atom is -0.506 e.